The van der Waals surface area contributed by atoms with E-state index in [0.29, 0.717) is 5.56 Å². The fourth-order valence-corrected chi connectivity index (χ4v) is 7.50. The molecule has 3 heterocycles. The lowest BCUT2D eigenvalue weighted by molar-refractivity contribution is -0.332. The summed E-state index contributed by atoms with van der Waals surface area (Å²) in [6, 6.07) is 1.64. The van der Waals surface area contributed by atoms with E-state index < -0.39 is 102 Å². The van der Waals surface area contributed by atoms with Gasteiger partial charge in [0, 0.05) is 37.2 Å². The third-order valence-corrected chi connectivity index (χ3v) is 9.53. The fourth-order valence-electron chi connectivity index (χ4n) is 7.50. The molecule has 1 aromatic heterocycles. The summed E-state index contributed by atoms with van der Waals surface area (Å²) in [5.41, 5.74) is -2.72. The predicted molar refractivity (Wildman–Crippen MR) is 136 cm³/mol. The normalized spacial score (nSPS) is 45.2. The van der Waals surface area contributed by atoms with Gasteiger partial charge in [-0.15, -0.1) is 0 Å². The van der Waals surface area contributed by atoms with Gasteiger partial charge in [0.15, 0.2) is 11.9 Å². The van der Waals surface area contributed by atoms with E-state index >= 15 is 0 Å². The van der Waals surface area contributed by atoms with E-state index in [9.17, 15) is 39.9 Å². The third-order valence-electron chi connectivity index (χ3n) is 9.53. The largest absolute Gasteiger partial charge is 0.472 e. The molecule has 5 rings (SSSR count). The molecular formula is C28H38O14. The molecular weight excluding hydrogens is 560 g/mol. The highest BCUT2D eigenvalue weighted by atomic mass is 16.7. The zero-order valence-electron chi connectivity index (χ0n) is 23.5. The summed E-state index contributed by atoms with van der Waals surface area (Å²) >= 11 is 0. The van der Waals surface area contributed by atoms with E-state index in [0.717, 1.165) is 0 Å². The monoisotopic (exact) mass is 598 g/mol. The lowest BCUT2D eigenvalue weighted by Crippen LogP contribution is -2.71. The molecule has 0 radical (unpaired) electrons. The van der Waals surface area contributed by atoms with Gasteiger partial charge in [-0.1, -0.05) is 6.92 Å². The Hall–Kier alpha value is -2.59. The van der Waals surface area contributed by atoms with Crippen LogP contribution in [0, 0.1) is 17.3 Å². The van der Waals surface area contributed by atoms with Gasteiger partial charge < -0.3 is 53.6 Å². The van der Waals surface area contributed by atoms with Crippen molar-refractivity contribution >= 4 is 17.9 Å². The predicted octanol–water partition coefficient (Wildman–Crippen LogP) is -0.517. The van der Waals surface area contributed by atoms with Crippen LogP contribution in [-0.2, 0) is 38.1 Å². The number of ether oxygens (including phenoxy) is 5. The number of carbonyl (C=O) groups is 3. The van der Waals surface area contributed by atoms with Gasteiger partial charge in [0.25, 0.3) is 0 Å². The highest BCUT2D eigenvalue weighted by Crippen LogP contribution is 2.62. The Morgan fingerprint density at radius 2 is 1.79 bits per heavy atom. The zero-order chi connectivity index (χ0) is 30.6. The van der Waals surface area contributed by atoms with Crippen LogP contribution >= 0.6 is 0 Å². The van der Waals surface area contributed by atoms with Crippen LogP contribution in [0.2, 0.25) is 0 Å². The molecule has 42 heavy (non-hydrogen) atoms. The lowest BCUT2D eigenvalue weighted by Gasteiger charge is -2.62. The molecule has 0 bridgehead atoms. The Labute approximate surface area is 241 Å². The van der Waals surface area contributed by atoms with Crippen LogP contribution in [-0.4, -0.2) is 105 Å². The Balaban J connectivity index is 1.56. The maximum atomic E-state index is 13.4. The van der Waals surface area contributed by atoms with Crippen molar-refractivity contribution in [2.45, 2.75) is 107 Å². The van der Waals surface area contributed by atoms with Gasteiger partial charge in [-0.25, -0.2) is 4.79 Å². The van der Waals surface area contributed by atoms with Crippen molar-refractivity contribution in [2.75, 3.05) is 6.61 Å². The number of furan rings is 1. The van der Waals surface area contributed by atoms with Crippen molar-refractivity contribution in [3.8, 4) is 0 Å². The summed E-state index contributed by atoms with van der Waals surface area (Å²) in [5, 5.41) is 52.8. The molecule has 0 amide bonds. The highest BCUT2D eigenvalue weighted by molar-refractivity contribution is 5.82. The first kappa shape index (κ1) is 30.9. The summed E-state index contributed by atoms with van der Waals surface area (Å²) < 4.78 is 34.1. The molecule has 2 saturated heterocycles. The highest BCUT2D eigenvalue weighted by Gasteiger charge is 2.70. The molecule has 4 aliphatic rings. The quantitative estimate of drug-likeness (QED) is 0.206. The molecule has 2 aliphatic heterocycles. The number of aliphatic hydroxyl groups excluding tert-OH is 4. The minimum Gasteiger partial charge on any atom is -0.472 e. The summed E-state index contributed by atoms with van der Waals surface area (Å²) in [6.45, 7) is 3.44. The SMILES string of the molecule is CC(=O)OC1CC(O[C@@H]2O[C@H](CO)[C@@H](O)[C@H](O)[C@H]2O)[C@H]2CC[C@]3(O)C(=O)OC(c4ccoc4)C[C@@]3(C)[C@@H]2C1OC(C)=O. The van der Waals surface area contributed by atoms with Gasteiger partial charge >= 0.3 is 17.9 Å². The Kier molecular flexibility index (Phi) is 8.44. The van der Waals surface area contributed by atoms with Crippen LogP contribution in [0.4, 0.5) is 0 Å². The van der Waals surface area contributed by atoms with E-state index in [2.05, 4.69) is 0 Å². The van der Waals surface area contributed by atoms with Crippen molar-refractivity contribution in [3.63, 3.8) is 0 Å². The van der Waals surface area contributed by atoms with Crippen LogP contribution in [0.5, 0.6) is 0 Å². The second-order valence-corrected chi connectivity index (χ2v) is 12.0. The average Bonchev–Trinajstić information content (AvgIpc) is 3.46. The van der Waals surface area contributed by atoms with Gasteiger partial charge in [0.1, 0.15) is 42.7 Å². The van der Waals surface area contributed by atoms with Crippen molar-refractivity contribution in [1.29, 1.82) is 0 Å². The number of hydrogen-bond acceptors (Lipinski definition) is 14. The molecule has 4 fully saturated rings. The Morgan fingerprint density at radius 3 is 2.40 bits per heavy atom. The molecule has 1 aromatic rings. The van der Waals surface area contributed by atoms with Gasteiger partial charge in [0.05, 0.1) is 25.2 Å². The molecule has 2 aliphatic carbocycles. The average molecular weight is 599 g/mol. The minimum absolute atomic E-state index is 0.0160. The molecule has 4 unspecified atom stereocenters. The Bertz CT molecular complexity index is 1150. The van der Waals surface area contributed by atoms with Crippen molar-refractivity contribution in [1.82, 2.24) is 0 Å². The molecule has 2 saturated carbocycles. The first-order valence-corrected chi connectivity index (χ1v) is 14.1. The van der Waals surface area contributed by atoms with Crippen molar-refractivity contribution in [2.24, 2.45) is 17.3 Å². The lowest BCUT2D eigenvalue weighted by atomic mass is 9.47. The first-order chi connectivity index (χ1) is 19.8. The van der Waals surface area contributed by atoms with Gasteiger partial charge in [0.2, 0.25) is 0 Å². The number of cyclic esters (lactones) is 1. The fraction of sp³-hybridized carbons (Fsp3) is 0.750. The van der Waals surface area contributed by atoms with Crippen molar-refractivity contribution < 1.29 is 68.0 Å². The van der Waals surface area contributed by atoms with Crippen LogP contribution in [0.3, 0.4) is 0 Å². The number of hydrogen-bond donors (Lipinski definition) is 5. The molecule has 0 aromatic carbocycles. The van der Waals surface area contributed by atoms with Crippen LogP contribution in [0.1, 0.15) is 58.1 Å². The number of aliphatic hydroxyl groups is 5. The number of esters is 3. The van der Waals surface area contributed by atoms with E-state index in [1.165, 1.54) is 26.4 Å². The number of rotatable bonds is 6. The first-order valence-electron chi connectivity index (χ1n) is 14.1. The standard InChI is InChI=1S/C28H38O14/c1-12(30)38-17-8-16(40-25-23(34)22(33)21(32)19(10-29)41-25)15-4-6-28(36)26(35)42-18(14-5-7-37-11-14)9-27(28,3)20(15)24(17)39-13(2)31/h5,7,11,15-25,29,32-34,36H,4,6,8-10H2,1-3H3/t15-,16?,17?,18?,19-,20+,21-,22+,23-,24?,25-,27+,28+/m1/s1. The summed E-state index contributed by atoms with van der Waals surface area (Å²) in [5.74, 6) is -3.53. The van der Waals surface area contributed by atoms with E-state index in [-0.39, 0.29) is 25.7 Å². The van der Waals surface area contributed by atoms with Crippen molar-refractivity contribution in [3.05, 3.63) is 24.2 Å². The van der Waals surface area contributed by atoms with Crippen LogP contribution in [0.15, 0.2) is 23.0 Å². The van der Waals surface area contributed by atoms with Gasteiger partial charge in [-0.05, 0) is 31.2 Å². The summed E-state index contributed by atoms with van der Waals surface area (Å²) in [4.78, 5) is 38.0. The number of carbonyl (C=O) groups excluding carboxylic acids is 3. The van der Waals surface area contributed by atoms with E-state index in [4.69, 9.17) is 28.1 Å². The molecule has 0 spiro atoms. The molecule has 13 atom stereocenters. The maximum absolute atomic E-state index is 13.4. The number of fused-ring (bicyclic) bond motifs is 3. The summed E-state index contributed by atoms with van der Waals surface area (Å²) in [6.07, 6.45) is -8.38. The van der Waals surface area contributed by atoms with Gasteiger partial charge in [-0.3, -0.25) is 9.59 Å². The molecule has 14 heteroatoms. The second-order valence-electron chi connectivity index (χ2n) is 12.0. The third kappa shape index (κ3) is 5.12. The van der Waals surface area contributed by atoms with E-state index in [1.54, 1.807) is 13.0 Å². The Morgan fingerprint density at radius 1 is 1.07 bits per heavy atom. The smallest absolute Gasteiger partial charge is 0.339 e. The molecule has 14 nitrogen and oxygen atoms in total. The minimum atomic E-state index is -1.99. The van der Waals surface area contributed by atoms with E-state index in [1.807, 2.05) is 0 Å². The van der Waals surface area contributed by atoms with Crippen LogP contribution in [0.25, 0.3) is 0 Å². The van der Waals surface area contributed by atoms with Gasteiger partial charge in [-0.2, -0.15) is 0 Å². The second kappa shape index (κ2) is 11.5. The molecule has 234 valence electrons. The topological polar surface area (TPSA) is 212 Å². The summed E-state index contributed by atoms with van der Waals surface area (Å²) in [7, 11) is 0. The van der Waals surface area contributed by atoms with Crippen LogP contribution < -0.4 is 0 Å². The maximum Gasteiger partial charge on any atom is 0.339 e. The zero-order valence-corrected chi connectivity index (χ0v) is 23.5. The molecule has 5 N–H and O–H groups in total.